The highest BCUT2D eigenvalue weighted by Gasteiger charge is 2.35. The number of hydrogen-bond donors (Lipinski definition) is 1. The highest BCUT2D eigenvalue weighted by atomic mass is 16.2. The van der Waals surface area contributed by atoms with Crippen LogP contribution >= 0.6 is 0 Å². The molecule has 0 aromatic carbocycles. The fourth-order valence-electron chi connectivity index (χ4n) is 2.52. The molecule has 18 heavy (non-hydrogen) atoms. The van der Waals surface area contributed by atoms with Crippen molar-refractivity contribution in [2.45, 2.75) is 6.04 Å². The Labute approximate surface area is 105 Å². The minimum absolute atomic E-state index is 0.0343. The highest BCUT2D eigenvalue weighted by molar-refractivity contribution is 5.77. The molecule has 6 nitrogen and oxygen atoms in total. The summed E-state index contributed by atoms with van der Waals surface area (Å²) in [6.45, 7) is 3.01. The van der Waals surface area contributed by atoms with E-state index >= 15 is 0 Å². The monoisotopic (exact) mass is 243 g/mol. The zero-order valence-corrected chi connectivity index (χ0v) is 9.83. The molecule has 1 unspecified atom stereocenters. The van der Waals surface area contributed by atoms with Crippen molar-refractivity contribution in [3.63, 3.8) is 0 Å². The van der Waals surface area contributed by atoms with Crippen LogP contribution in [-0.4, -0.2) is 48.1 Å². The SMILES string of the molecule is N#Cc1cc(N2CCN3C(=O)NCC3C2)ccn1. The molecule has 0 bridgehead atoms. The van der Waals surface area contributed by atoms with Gasteiger partial charge in [0.15, 0.2) is 0 Å². The number of carbonyl (C=O) groups excluding carboxylic acids is 1. The molecule has 2 aliphatic heterocycles. The lowest BCUT2D eigenvalue weighted by atomic mass is 10.1. The molecule has 2 fully saturated rings. The molecule has 1 aromatic rings. The van der Waals surface area contributed by atoms with E-state index in [1.165, 1.54) is 0 Å². The van der Waals surface area contributed by atoms with Crippen LogP contribution in [0.4, 0.5) is 10.5 Å². The Hall–Kier alpha value is -2.29. The van der Waals surface area contributed by atoms with Crippen LogP contribution in [0.5, 0.6) is 0 Å². The van der Waals surface area contributed by atoms with Crippen LogP contribution in [0.15, 0.2) is 18.3 Å². The lowest BCUT2D eigenvalue weighted by molar-refractivity contribution is 0.197. The maximum atomic E-state index is 11.5. The van der Waals surface area contributed by atoms with E-state index in [2.05, 4.69) is 15.2 Å². The summed E-state index contributed by atoms with van der Waals surface area (Å²) in [5, 5.41) is 11.7. The third kappa shape index (κ3) is 1.74. The first-order chi connectivity index (χ1) is 8.78. The Bertz CT molecular complexity index is 523. The summed E-state index contributed by atoms with van der Waals surface area (Å²) < 4.78 is 0. The number of amides is 2. The van der Waals surface area contributed by atoms with E-state index in [9.17, 15) is 4.79 Å². The molecule has 0 radical (unpaired) electrons. The molecule has 6 heteroatoms. The van der Waals surface area contributed by atoms with Crippen molar-refractivity contribution < 1.29 is 4.79 Å². The summed E-state index contributed by atoms with van der Waals surface area (Å²) in [6, 6.07) is 6.00. The average Bonchev–Trinajstić information content (AvgIpc) is 2.80. The number of hydrogen-bond acceptors (Lipinski definition) is 4. The van der Waals surface area contributed by atoms with Crippen LogP contribution in [0.2, 0.25) is 0 Å². The molecule has 0 aliphatic carbocycles. The van der Waals surface area contributed by atoms with Crippen LogP contribution in [0.3, 0.4) is 0 Å². The zero-order valence-electron chi connectivity index (χ0n) is 9.83. The van der Waals surface area contributed by atoms with Crippen molar-refractivity contribution in [1.82, 2.24) is 15.2 Å². The first kappa shape index (κ1) is 10.8. The maximum Gasteiger partial charge on any atom is 0.317 e. The van der Waals surface area contributed by atoms with Crippen LogP contribution in [-0.2, 0) is 0 Å². The number of nitriles is 1. The molecule has 3 heterocycles. The molecule has 0 spiro atoms. The number of piperazine rings is 1. The number of nitrogens with zero attached hydrogens (tertiary/aromatic N) is 4. The maximum absolute atomic E-state index is 11.5. The first-order valence-corrected chi connectivity index (χ1v) is 5.93. The van der Waals surface area contributed by atoms with Gasteiger partial charge < -0.3 is 15.1 Å². The van der Waals surface area contributed by atoms with Crippen LogP contribution in [0.25, 0.3) is 0 Å². The average molecular weight is 243 g/mol. The molecule has 2 amide bonds. The van der Waals surface area contributed by atoms with Crippen LogP contribution in [0.1, 0.15) is 5.69 Å². The van der Waals surface area contributed by atoms with E-state index in [0.717, 1.165) is 25.3 Å². The summed E-state index contributed by atoms with van der Waals surface area (Å²) in [7, 11) is 0. The number of pyridine rings is 1. The van der Waals surface area contributed by atoms with E-state index in [1.54, 1.807) is 12.3 Å². The summed E-state index contributed by atoms with van der Waals surface area (Å²) >= 11 is 0. The van der Waals surface area contributed by atoms with Crippen molar-refractivity contribution in [2.75, 3.05) is 31.1 Å². The molecule has 2 aliphatic rings. The zero-order chi connectivity index (χ0) is 12.5. The van der Waals surface area contributed by atoms with E-state index in [-0.39, 0.29) is 12.1 Å². The molecular formula is C12H13N5O. The van der Waals surface area contributed by atoms with Crippen LogP contribution < -0.4 is 10.2 Å². The molecule has 1 aromatic heterocycles. The normalized spacial score (nSPS) is 22.4. The van der Waals surface area contributed by atoms with Gasteiger partial charge in [-0.2, -0.15) is 5.26 Å². The minimum Gasteiger partial charge on any atom is -0.367 e. The summed E-state index contributed by atoms with van der Waals surface area (Å²) in [5.41, 5.74) is 1.43. The highest BCUT2D eigenvalue weighted by Crippen LogP contribution is 2.21. The smallest absolute Gasteiger partial charge is 0.317 e. The van der Waals surface area contributed by atoms with Gasteiger partial charge in [0.25, 0.3) is 0 Å². The quantitative estimate of drug-likeness (QED) is 0.763. The lowest BCUT2D eigenvalue weighted by Crippen LogP contribution is -2.52. The van der Waals surface area contributed by atoms with E-state index in [1.807, 2.05) is 17.0 Å². The van der Waals surface area contributed by atoms with Crippen LogP contribution in [0, 0.1) is 11.3 Å². The van der Waals surface area contributed by atoms with Gasteiger partial charge in [-0.05, 0) is 12.1 Å². The lowest BCUT2D eigenvalue weighted by Gasteiger charge is -2.37. The second-order valence-corrected chi connectivity index (χ2v) is 4.49. The summed E-state index contributed by atoms with van der Waals surface area (Å²) in [5.74, 6) is 0. The largest absolute Gasteiger partial charge is 0.367 e. The third-order valence-corrected chi connectivity index (χ3v) is 3.46. The second kappa shape index (κ2) is 4.18. The fraction of sp³-hybridized carbons (Fsp3) is 0.417. The van der Waals surface area contributed by atoms with Gasteiger partial charge in [-0.3, -0.25) is 0 Å². The molecule has 2 saturated heterocycles. The van der Waals surface area contributed by atoms with Crippen molar-refractivity contribution in [1.29, 1.82) is 5.26 Å². The van der Waals surface area contributed by atoms with Crippen molar-refractivity contribution >= 4 is 11.7 Å². The van der Waals surface area contributed by atoms with Gasteiger partial charge in [-0.15, -0.1) is 0 Å². The van der Waals surface area contributed by atoms with Crippen molar-refractivity contribution in [2.24, 2.45) is 0 Å². The molecule has 1 atom stereocenters. The first-order valence-electron chi connectivity index (χ1n) is 5.93. The predicted molar refractivity (Wildman–Crippen MR) is 65.1 cm³/mol. The van der Waals surface area contributed by atoms with Gasteiger partial charge in [0.1, 0.15) is 11.8 Å². The molecule has 1 N–H and O–H groups in total. The third-order valence-electron chi connectivity index (χ3n) is 3.46. The molecule has 92 valence electrons. The van der Waals surface area contributed by atoms with E-state index < -0.39 is 0 Å². The standard InChI is InChI=1S/C12H13N5O/c13-6-9-5-10(1-2-14-9)16-3-4-17-11(8-16)7-15-12(17)18/h1-2,5,11H,3-4,7-8H2,(H,15,18). The molecular weight excluding hydrogens is 230 g/mol. The number of rotatable bonds is 1. The van der Waals surface area contributed by atoms with Crippen molar-refractivity contribution in [3.05, 3.63) is 24.0 Å². The predicted octanol–water partition coefficient (Wildman–Crippen LogP) is 0.167. The number of nitrogens with one attached hydrogen (secondary N) is 1. The Morgan fingerprint density at radius 3 is 3.22 bits per heavy atom. The summed E-state index contributed by atoms with van der Waals surface area (Å²) in [4.78, 5) is 19.5. The van der Waals surface area contributed by atoms with E-state index in [4.69, 9.17) is 5.26 Å². The van der Waals surface area contributed by atoms with E-state index in [0.29, 0.717) is 12.2 Å². The number of urea groups is 1. The number of fused-ring (bicyclic) bond motifs is 1. The van der Waals surface area contributed by atoms with Gasteiger partial charge in [-0.1, -0.05) is 0 Å². The number of anilines is 1. The minimum atomic E-state index is 0.0343. The second-order valence-electron chi connectivity index (χ2n) is 4.49. The van der Waals surface area contributed by atoms with Gasteiger partial charge >= 0.3 is 6.03 Å². The summed E-state index contributed by atoms with van der Waals surface area (Å²) in [6.07, 6.45) is 1.65. The fourth-order valence-corrected chi connectivity index (χ4v) is 2.52. The van der Waals surface area contributed by atoms with Gasteiger partial charge in [0.05, 0.1) is 6.04 Å². The Balaban J connectivity index is 1.78. The Morgan fingerprint density at radius 1 is 1.50 bits per heavy atom. The molecule has 0 saturated carbocycles. The van der Waals surface area contributed by atoms with Gasteiger partial charge in [-0.25, -0.2) is 9.78 Å². The van der Waals surface area contributed by atoms with Gasteiger partial charge in [0.2, 0.25) is 0 Å². The molecule has 3 rings (SSSR count). The Morgan fingerprint density at radius 2 is 2.39 bits per heavy atom. The number of carbonyl (C=O) groups is 1. The Kier molecular flexibility index (Phi) is 2.52. The number of aromatic nitrogens is 1. The topological polar surface area (TPSA) is 72.3 Å². The van der Waals surface area contributed by atoms with Gasteiger partial charge in [0, 0.05) is 38.1 Å². The van der Waals surface area contributed by atoms with Crippen molar-refractivity contribution in [3.8, 4) is 6.07 Å².